The second-order valence-electron chi connectivity index (χ2n) is 5.25. The highest BCUT2D eigenvalue weighted by atomic mass is 16.5. The number of nitrogens with two attached hydrogens (primary N) is 1. The van der Waals surface area contributed by atoms with Crippen LogP contribution in [0.5, 0.6) is 0 Å². The predicted octanol–water partition coefficient (Wildman–Crippen LogP) is 1.05. The minimum atomic E-state index is -0.467. The molecule has 0 radical (unpaired) electrons. The summed E-state index contributed by atoms with van der Waals surface area (Å²) in [4.78, 5) is 12.2. The summed E-state index contributed by atoms with van der Waals surface area (Å²) in [5.41, 5.74) is 4.96. The first kappa shape index (κ1) is 13.5. The summed E-state index contributed by atoms with van der Waals surface area (Å²) in [6, 6.07) is 0. The molecule has 4 nitrogen and oxygen atoms in total. The van der Waals surface area contributed by atoms with Crippen molar-refractivity contribution >= 4 is 5.91 Å². The zero-order valence-corrected chi connectivity index (χ0v) is 10.8. The van der Waals surface area contributed by atoms with Gasteiger partial charge in [-0.25, -0.2) is 0 Å². The van der Waals surface area contributed by atoms with Crippen molar-refractivity contribution in [3.8, 4) is 0 Å². The Hall–Kier alpha value is -0.610. The minimum Gasteiger partial charge on any atom is -0.376 e. The van der Waals surface area contributed by atoms with Gasteiger partial charge < -0.3 is 15.8 Å². The molecule has 3 unspecified atom stereocenters. The fourth-order valence-electron chi connectivity index (χ4n) is 1.81. The van der Waals surface area contributed by atoms with E-state index in [9.17, 15) is 4.79 Å². The Morgan fingerprint density at radius 2 is 2.31 bits per heavy atom. The average Bonchev–Trinajstić information content (AvgIpc) is 2.57. The summed E-state index contributed by atoms with van der Waals surface area (Å²) in [7, 11) is 0. The van der Waals surface area contributed by atoms with Crippen LogP contribution in [0.1, 0.15) is 40.5 Å². The number of hydrogen-bond donors (Lipinski definition) is 2. The largest absolute Gasteiger partial charge is 0.376 e. The fraction of sp³-hybridized carbons (Fsp3) is 0.917. The SMILES string of the molecule is CCC(C)(CN)C(=O)NC1(C)CCOC1C. The van der Waals surface area contributed by atoms with Gasteiger partial charge >= 0.3 is 0 Å². The van der Waals surface area contributed by atoms with Crippen molar-refractivity contribution in [2.75, 3.05) is 13.2 Å². The lowest BCUT2D eigenvalue weighted by molar-refractivity contribution is -0.132. The van der Waals surface area contributed by atoms with Crippen LogP contribution in [0, 0.1) is 5.41 Å². The third-order valence-corrected chi connectivity index (χ3v) is 4.06. The van der Waals surface area contributed by atoms with Crippen molar-refractivity contribution in [2.24, 2.45) is 11.1 Å². The van der Waals surface area contributed by atoms with Crippen LogP contribution in [-0.4, -0.2) is 30.7 Å². The monoisotopic (exact) mass is 228 g/mol. The lowest BCUT2D eigenvalue weighted by atomic mass is 9.84. The fourth-order valence-corrected chi connectivity index (χ4v) is 1.81. The summed E-state index contributed by atoms with van der Waals surface area (Å²) in [6.07, 6.45) is 1.68. The van der Waals surface area contributed by atoms with E-state index in [1.165, 1.54) is 0 Å². The van der Waals surface area contributed by atoms with E-state index in [0.717, 1.165) is 12.8 Å². The summed E-state index contributed by atoms with van der Waals surface area (Å²) < 4.78 is 5.50. The molecule has 4 heteroatoms. The molecule has 1 aliphatic rings. The molecule has 0 spiro atoms. The van der Waals surface area contributed by atoms with E-state index >= 15 is 0 Å². The molecular weight excluding hydrogens is 204 g/mol. The topological polar surface area (TPSA) is 64.4 Å². The van der Waals surface area contributed by atoms with Gasteiger partial charge in [-0.1, -0.05) is 6.92 Å². The number of carbonyl (C=O) groups is 1. The van der Waals surface area contributed by atoms with Crippen LogP contribution in [0.25, 0.3) is 0 Å². The molecule has 1 fully saturated rings. The Morgan fingerprint density at radius 3 is 2.69 bits per heavy atom. The van der Waals surface area contributed by atoms with Crippen molar-refractivity contribution in [2.45, 2.75) is 52.2 Å². The first-order chi connectivity index (χ1) is 7.38. The molecule has 1 heterocycles. The Labute approximate surface area is 97.9 Å². The Bertz CT molecular complexity index is 264. The van der Waals surface area contributed by atoms with E-state index in [0.29, 0.717) is 13.2 Å². The molecule has 16 heavy (non-hydrogen) atoms. The highest BCUT2D eigenvalue weighted by Gasteiger charge is 2.41. The van der Waals surface area contributed by atoms with E-state index in [-0.39, 0.29) is 17.6 Å². The summed E-state index contributed by atoms with van der Waals surface area (Å²) in [6.45, 7) is 9.02. The van der Waals surface area contributed by atoms with Gasteiger partial charge in [0.2, 0.25) is 5.91 Å². The second-order valence-corrected chi connectivity index (χ2v) is 5.25. The zero-order valence-electron chi connectivity index (χ0n) is 10.8. The van der Waals surface area contributed by atoms with Crippen molar-refractivity contribution < 1.29 is 9.53 Å². The van der Waals surface area contributed by atoms with Gasteiger partial charge in [-0.3, -0.25) is 4.79 Å². The summed E-state index contributed by atoms with van der Waals surface area (Å²) >= 11 is 0. The molecule has 1 aliphatic heterocycles. The smallest absolute Gasteiger partial charge is 0.227 e. The van der Waals surface area contributed by atoms with Crippen LogP contribution in [0.3, 0.4) is 0 Å². The van der Waals surface area contributed by atoms with E-state index in [2.05, 4.69) is 5.32 Å². The first-order valence-corrected chi connectivity index (χ1v) is 6.02. The molecule has 94 valence electrons. The van der Waals surface area contributed by atoms with Crippen LogP contribution >= 0.6 is 0 Å². The Kier molecular flexibility index (Phi) is 3.97. The van der Waals surface area contributed by atoms with Crippen molar-refractivity contribution in [1.82, 2.24) is 5.32 Å². The summed E-state index contributed by atoms with van der Waals surface area (Å²) in [5.74, 6) is 0.0392. The van der Waals surface area contributed by atoms with Crippen molar-refractivity contribution in [3.63, 3.8) is 0 Å². The maximum Gasteiger partial charge on any atom is 0.227 e. The predicted molar refractivity (Wildman–Crippen MR) is 64.0 cm³/mol. The van der Waals surface area contributed by atoms with Crippen LogP contribution in [-0.2, 0) is 9.53 Å². The third kappa shape index (κ3) is 2.38. The molecule has 3 atom stereocenters. The van der Waals surface area contributed by atoms with Crippen LogP contribution in [0.4, 0.5) is 0 Å². The number of carbonyl (C=O) groups excluding carboxylic acids is 1. The van der Waals surface area contributed by atoms with E-state index in [4.69, 9.17) is 10.5 Å². The van der Waals surface area contributed by atoms with Gasteiger partial charge in [0.25, 0.3) is 0 Å². The Balaban J connectivity index is 2.70. The van der Waals surface area contributed by atoms with Gasteiger partial charge in [0.1, 0.15) is 0 Å². The maximum absolute atomic E-state index is 12.2. The van der Waals surface area contributed by atoms with Crippen LogP contribution < -0.4 is 11.1 Å². The minimum absolute atomic E-state index is 0.0392. The first-order valence-electron chi connectivity index (χ1n) is 6.02. The highest BCUT2D eigenvalue weighted by Crippen LogP contribution is 2.28. The van der Waals surface area contributed by atoms with Crippen LogP contribution in [0.15, 0.2) is 0 Å². The molecule has 1 rings (SSSR count). The van der Waals surface area contributed by atoms with Crippen LogP contribution in [0.2, 0.25) is 0 Å². The molecule has 3 N–H and O–H groups in total. The molecule has 0 aromatic rings. The lowest BCUT2D eigenvalue weighted by Crippen LogP contribution is -2.56. The maximum atomic E-state index is 12.2. The molecule has 1 saturated heterocycles. The highest BCUT2D eigenvalue weighted by molar-refractivity contribution is 5.83. The van der Waals surface area contributed by atoms with Gasteiger partial charge in [0.05, 0.1) is 17.1 Å². The number of rotatable bonds is 4. The number of nitrogens with one attached hydrogen (secondary N) is 1. The standard InChI is InChI=1S/C12H24N2O2/c1-5-11(3,8-13)10(15)14-12(4)6-7-16-9(12)2/h9H,5-8,13H2,1-4H3,(H,14,15). The number of amides is 1. The van der Waals surface area contributed by atoms with Gasteiger partial charge in [-0.2, -0.15) is 0 Å². The average molecular weight is 228 g/mol. The van der Waals surface area contributed by atoms with Gasteiger partial charge in [0.15, 0.2) is 0 Å². The molecule has 0 aromatic heterocycles. The molecular formula is C12H24N2O2. The van der Waals surface area contributed by atoms with E-state index < -0.39 is 5.41 Å². The Morgan fingerprint density at radius 1 is 1.69 bits per heavy atom. The molecule has 1 amide bonds. The lowest BCUT2D eigenvalue weighted by Gasteiger charge is -2.34. The summed E-state index contributed by atoms with van der Waals surface area (Å²) in [5, 5.41) is 3.10. The van der Waals surface area contributed by atoms with Gasteiger partial charge in [-0.05, 0) is 33.6 Å². The number of ether oxygens (including phenoxy) is 1. The van der Waals surface area contributed by atoms with Crippen molar-refractivity contribution in [3.05, 3.63) is 0 Å². The molecule has 0 saturated carbocycles. The van der Waals surface area contributed by atoms with Gasteiger partial charge in [-0.15, -0.1) is 0 Å². The quantitative estimate of drug-likeness (QED) is 0.756. The normalized spacial score (nSPS) is 33.4. The molecule has 0 aliphatic carbocycles. The molecule has 0 bridgehead atoms. The number of hydrogen-bond acceptors (Lipinski definition) is 3. The van der Waals surface area contributed by atoms with Gasteiger partial charge in [0, 0.05) is 13.2 Å². The zero-order chi connectivity index (χ0) is 12.4. The third-order valence-electron chi connectivity index (χ3n) is 4.06. The van der Waals surface area contributed by atoms with Crippen molar-refractivity contribution in [1.29, 1.82) is 0 Å². The van der Waals surface area contributed by atoms with E-state index in [1.807, 2.05) is 27.7 Å². The van der Waals surface area contributed by atoms with E-state index in [1.54, 1.807) is 0 Å². The second kappa shape index (κ2) is 4.72. The molecule has 0 aromatic carbocycles.